The number of hydrogen-bond donors (Lipinski definition) is 1. The van der Waals surface area contributed by atoms with Crippen molar-refractivity contribution in [3.63, 3.8) is 0 Å². The summed E-state index contributed by atoms with van der Waals surface area (Å²) in [5.74, 6) is -5.49. The lowest BCUT2D eigenvalue weighted by molar-refractivity contribution is -0.138. The standard InChI is InChI=1S/C13H6BrF6NO/c14-6-3-10(21)7(15)4-11(6)22-12-8(16)1-5(2-9(12)17)13(18,19)20/h1-4H,21H2. The quantitative estimate of drug-likeness (QED) is 0.565. The molecule has 118 valence electrons. The number of benzene rings is 2. The van der Waals surface area contributed by atoms with Crippen LogP contribution in [0.1, 0.15) is 5.56 Å². The van der Waals surface area contributed by atoms with Gasteiger partial charge in [0.2, 0.25) is 0 Å². The first-order valence-corrected chi connectivity index (χ1v) is 6.37. The Morgan fingerprint density at radius 3 is 1.95 bits per heavy atom. The summed E-state index contributed by atoms with van der Waals surface area (Å²) in [7, 11) is 0. The predicted molar refractivity (Wildman–Crippen MR) is 69.9 cm³/mol. The number of anilines is 1. The smallest absolute Gasteiger partial charge is 0.416 e. The van der Waals surface area contributed by atoms with Crippen LogP contribution in [-0.2, 0) is 6.18 Å². The van der Waals surface area contributed by atoms with Crippen molar-refractivity contribution in [2.24, 2.45) is 0 Å². The van der Waals surface area contributed by atoms with Crippen molar-refractivity contribution in [1.29, 1.82) is 0 Å². The maximum absolute atomic E-state index is 13.6. The molecule has 9 heteroatoms. The summed E-state index contributed by atoms with van der Waals surface area (Å²) in [4.78, 5) is 0. The van der Waals surface area contributed by atoms with Gasteiger partial charge in [0.25, 0.3) is 0 Å². The zero-order chi connectivity index (χ0) is 16.7. The normalized spacial score (nSPS) is 11.6. The van der Waals surface area contributed by atoms with Gasteiger partial charge in [0.15, 0.2) is 17.4 Å². The molecule has 2 nitrogen and oxygen atoms in total. The number of nitrogen functional groups attached to an aromatic ring is 1. The van der Waals surface area contributed by atoms with Gasteiger partial charge in [-0.1, -0.05) is 0 Å². The highest BCUT2D eigenvalue weighted by molar-refractivity contribution is 9.10. The second-order valence-corrected chi connectivity index (χ2v) is 5.03. The topological polar surface area (TPSA) is 35.2 Å². The Hall–Kier alpha value is -1.90. The third-order valence-corrected chi connectivity index (χ3v) is 3.21. The Morgan fingerprint density at radius 2 is 1.45 bits per heavy atom. The van der Waals surface area contributed by atoms with E-state index in [1.807, 2.05) is 0 Å². The summed E-state index contributed by atoms with van der Waals surface area (Å²) < 4.78 is 82.8. The van der Waals surface area contributed by atoms with E-state index in [0.29, 0.717) is 0 Å². The third kappa shape index (κ3) is 3.29. The van der Waals surface area contributed by atoms with Crippen LogP contribution in [-0.4, -0.2) is 0 Å². The fourth-order valence-electron chi connectivity index (χ4n) is 1.55. The van der Waals surface area contributed by atoms with Gasteiger partial charge in [0, 0.05) is 6.07 Å². The van der Waals surface area contributed by atoms with E-state index in [1.54, 1.807) is 0 Å². The lowest BCUT2D eigenvalue weighted by atomic mass is 10.2. The van der Waals surface area contributed by atoms with E-state index in [0.717, 1.165) is 12.1 Å². The zero-order valence-electron chi connectivity index (χ0n) is 10.4. The van der Waals surface area contributed by atoms with Crippen molar-refractivity contribution in [3.8, 4) is 11.5 Å². The maximum Gasteiger partial charge on any atom is 0.416 e. The first-order valence-electron chi connectivity index (χ1n) is 5.58. The van der Waals surface area contributed by atoms with Crippen molar-refractivity contribution in [3.05, 3.63) is 51.8 Å². The number of alkyl halides is 3. The second-order valence-electron chi connectivity index (χ2n) is 4.17. The Labute approximate surface area is 128 Å². The molecular formula is C13H6BrF6NO. The van der Waals surface area contributed by atoms with Crippen LogP contribution in [0.4, 0.5) is 32.0 Å². The molecule has 0 fully saturated rings. The largest absolute Gasteiger partial charge is 0.450 e. The van der Waals surface area contributed by atoms with E-state index in [2.05, 4.69) is 15.9 Å². The van der Waals surface area contributed by atoms with Crippen molar-refractivity contribution in [2.45, 2.75) is 6.18 Å². The van der Waals surface area contributed by atoms with E-state index in [1.165, 1.54) is 0 Å². The molecule has 0 aromatic heterocycles. The molecule has 0 aliphatic rings. The number of halogens is 7. The molecule has 2 N–H and O–H groups in total. The second kappa shape index (κ2) is 5.71. The average Bonchev–Trinajstić information content (AvgIpc) is 2.38. The molecule has 0 radical (unpaired) electrons. The van der Waals surface area contributed by atoms with E-state index < -0.39 is 34.9 Å². The Bertz CT molecular complexity index is 708. The lowest BCUT2D eigenvalue weighted by Gasteiger charge is -2.13. The average molecular weight is 386 g/mol. The molecule has 2 aromatic rings. The van der Waals surface area contributed by atoms with Crippen molar-refractivity contribution < 1.29 is 31.1 Å². The molecule has 0 unspecified atom stereocenters. The van der Waals surface area contributed by atoms with Crippen LogP contribution >= 0.6 is 15.9 Å². The summed E-state index contributed by atoms with van der Waals surface area (Å²) >= 11 is 2.94. The summed E-state index contributed by atoms with van der Waals surface area (Å²) in [5, 5.41) is 0. The van der Waals surface area contributed by atoms with E-state index in [9.17, 15) is 26.3 Å². The Kier molecular flexibility index (Phi) is 4.28. The van der Waals surface area contributed by atoms with E-state index in [-0.39, 0.29) is 28.0 Å². The van der Waals surface area contributed by atoms with E-state index >= 15 is 0 Å². The molecule has 0 saturated heterocycles. The van der Waals surface area contributed by atoms with Crippen LogP contribution in [0.5, 0.6) is 11.5 Å². The summed E-state index contributed by atoms with van der Waals surface area (Å²) in [6.45, 7) is 0. The number of hydrogen-bond acceptors (Lipinski definition) is 2. The highest BCUT2D eigenvalue weighted by atomic mass is 79.9. The highest BCUT2D eigenvalue weighted by Crippen LogP contribution is 2.38. The van der Waals surface area contributed by atoms with Gasteiger partial charge >= 0.3 is 6.18 Å². The summed E-state index contributed by atoms with van der Waals surface area (Å²) in [5.41, 5.74) is 3.53. The highest BCUT2D eigenvalue weighted by Gasteiger charge is 2.33. The molecule has 0 aliphatic heterocycles. The van der Waals surface area contributed by atoms with Crippen molar-refractivity contribution >= 4 is 21.6 Å². The minimum absolute atomic E-state index is 0.0742. The van der Waals surface area contributed by atoms with E-state index in [4.69, 9.17) is 10.5 Å². The lowest BCUT2D eigenvalue weighted by Crippen LogP contribution is -2.07. The first kappa shape index (κ1) is 16.5. The van der Waals surface area contributed by atoms with Gasteiger partial charge < -0.3 is 10.5 Å². The fourth-order valence-corrected chi connectivity index (χ4v) is 2.00. The molecule has 2 aromatic carbocycles. The predicted octanol–water partition coefficient (Wildman–Crippen LogP) is 5.26. The summed E-state index contributed by atoms with van der Waals surface area (Å²) in [6.07, 6.45) is -4.91. The van der Waals surface area contributed by atoms with Gasteiger partial charge in [-0.3, -0.25) is 0 Å². The molecule has 0 spiro atoms. The molecule has 0 atom stereocenters. The molecule has 22 heavy (non-hydrogen) atoms. The van der Waals surface area contributed by atoms with Crippen molar-refractivity contribution in [1.82, 2.24) is 0 Å². The third-order valence-electron chi connectivity index (χ3n) is 2.59. The van der Waals surface area contributed by atoms with Gasteiger partial charge in [0.05, 0.1) is 15.7 Å². The molecule has 0 bridgehead atoms. The van der Waals surface area contributed by atoms with Crippen LogP contribution in [0.15, 0.2) is 28.7 Å². The Balaban J connectivity index is 2.45. The van der Waals surface area contributed by atoms with Crippen LogP contribution < -0.4 is 10.5 Å². The van der Waals surface area contributed by atoms with Crippen molar-refractivity contribution in [2.75, 3.05) is 5.73 Å². The number of rotatable bonds is 2. The van der Waals surface area contributed by atoms with Crippen LogP contribution in [0.2, 0.25) is 0 Å². The molecule has 0 saturated carbocycles. The van der Waals surface area contributed by atoms with Gasteiger partial charge in [0.1, 0.15) is 11.6 Å². The Morgan fingerprint density at radius 1 is 0.909 bits per heavy atom. The minimum atomic E-state index is -4.91. The molecule has 0 heterocycles. The molecule has 2 rings (SSSR count). The fraction of sp³-hybridized carbons (Fsp3) is 0.0769. The number of nitrogens with two attached hydrogens (primary N) is 1. The number of ether oxygens (including phenoxy) is 1. The van der Waals surface area contributed by atoms with Gasteiger partial charge in [-0.15, -0.1) is 0 Å². The maximum atomic E-state index is 13.6. The minimum Gasteiger partial charge on any atom is -0.450 e. The first-order chi connectivity index (χ1) is 10.1. The summed E-state index contributed by atoms with van der Waals surface area (Å²) in [6, 6.07) is 2.00. The zero-order valence-corrected chi connectivity index (χ0v) is 12.0. The van der Waals surface area contributed by atoms with Gasteiger partial charge in [-0.2, -0.15) is 13.2 Å². The van der Waals surface area contributed by atoms with Gasteiger partial charge in [-0.05, 0) is 34.1 Å². The van der Waals surface area contributed by atoms with Crippen LogP contribution in [0.3, 0.4) is 0 Å². The molecular weight excluding hydrogens is 380 g/mol. The molecule has 0 aliphatic carbocycles. The van der Waals surface area contributed by atoms with Crippen LogP contribution in [0.25, 0.3) is 0 Å². The monoisotopic (exact) mass is 385 g/mol. The molecule has 0 amide bonds. The van der Waals surface area contributed by atoms with Crippen LogP contribution in [0, 0.1) is 17.5 Å². The van der Waals surface area contributed by atoms with Gasteiger partial charge in [-0.25, -0.2) is 13.2 Å². The SMILES string of the molecule is Nc1cc(Br)c(Oc2c(F)cc(C(F)(F)F)cc2F)cc1F.